The van der Waals surface area contributed by atoms with Crippen molar-refractivity contribution in [1.29, 1.82) is 0 Å². The fraction of sp³-hybridized carbons (Fsp3) is 0.400. The van der Waals surface area contributed by atoms with Crippen LogP contribution in [0.4, 0.5) is 0 Å². The molecule has 1 aromatic rings. The summed E-state index contributed by atoms with van der Waals surface area (Å²) in [6, 6.07) is 2.92. The van der Waals surface area contributed by atoms with E-state index < -0.39 is 11.8 Å². The lowest BCUT2D eigenvalue weighted by Crippen LogP contribution is -2.41. The van der Waals surface area contributed by atoms with Crippen LogP contribution >= 0.6 is 11.6 Å². The van der Waals surface area contributed by atoms with Gasteiger partial charge in [0, 0.05) is 13.2 Å². The first-order valence-electron chi connectivity index (χ1n) is 7.30. The van der Waals surface area contributed by atoms with Crippen molar-refractivity contribution in [2.24, 2.45) is 5.10 Å². The Hall–Kier alpha value is -2.32. The molecule has 24 heavy (non-hydrogen) atoms. The molecule has 0 radical (unpaired) electrons. The van der Waals surface area contributed by atoms with Crippen molar-refractivity contribution in [3.8, 4) is 11.5 Å². The molecule has 1 saturated heterocycles. The molecule has 2 rings (SSSR count). The third kappa shape index (κ3) is 4.84. The van der Waals surface area contributed by atoms with Crippen LogP contribution in [-0.4, -0.2) is 49.5 Å². The van der Waals surface area contributed by atoms with Gasteiger partial charge in [0.2, 0.25) is 0 Å². The summed E-state index contributed by atoms with van der Waals surface area (Å²) in [4.78, 5) is 23.2. The molecule has 1 fully saturated rings. The molecule has 2 amide bonds. The van der Waals surface area contributed by atoms with Gasteiger partial charge in [0.15, 0.2) is 11.5 Å². The second kappa shape index (κ2) is 8.51. The topological polar surface area (TPSA) is 109 Å². The van der Waals surface area contributed by atoms with Gasteiger partial charge in [0.05, 0.1) is 24.5 Å². The number of halogens is 1. The number of nitrogens with zero attached hydrogens (tertiary/aromatic N) is 1. The average Bonchev–Trinajstić information content (AvgIpc) is 3.09. The van der Waals surface area contributed by atoms with Crippen molar-refractivity contribution in [3.63, 3.8) is 0 Å². The first kappa shape index (κ1) is 18.0. The molecule has 3 N–H and O–H groups in total. The molecule has 1 aliphatic heterocycles. The Bertz CT molecular complexity index is 644. The highest BCUT2D eigenvalue weighted by atomic mass is 35.5. The smallest absolute Gasteiger partial charge is 0.329 e. The molecule has 1 aliphatic rings. The minimum Gasteiger partial charge on any atom is -0.503 e. The number of hydrogen-bond donors (Lipinski definition) is 3. The molecule has 0 unspecified atom stereocenters. The SMILES string of the molecule is COc1cc(/C=N\NC(=O)C(=O)NC[C@H]2CCCO2)cc(Cl)c1O. The van der Waals surface area contributed by atoms with Gasteiger partial charge in [-0.2, -0.15) is 5.10 Å². The van der Waals surface area contributed by atoms with Crippen LogP contribution in [0.1, 0.15) is 18.4 Å². The fourth-order valence-electron chi connectivity index (χ4n) is 2.13. The van der Waals surface area contributed by atoms with E-state index >= 15 is 0 Å². The van der Waals surface area contributed by atoms with Crippen molar-refractivity contribution in [1.82, 2.24) is 10.7 Å². The lowest BCUT2D eigenvalue weighted by Gasteiger charge is -2.09. The fourth-order valence-corrected chi connectivity index (χ4v) is 2.35. The monoisotopic (exact) mass is 355 g/mol. The van der Waals surface area contributed by atoms with E-state index in [2.05, 4.69) is 15.8 Å². The van der Waals surface area contributed by atoms with Gasteiger partial charge in [-0.3, -0.25) is 9.59 Å². The van der Waals surface area contributed by atoms with Gasteiger partial charge in [-0.15, -0.1) is 0 Å². The van der Waals surface area contributed by atoms with Crippen LogP contribution in [0.15, 0.2) is 17.2 Å². The number of carbonyl (C=O) groups is 2. The average molecular weight is 356 g/mol. The Labute approximate surface area is 143 Å². The number of phenols is 1. The van der Waals surface area contributed by atoms with Gasteiger partial charge in [-0.1, -0.05) is 11.6 Å². The van der Waals surface area contributed by atoms with Gasteiger partial charge in [-0.25, -0.2) is 5.43 Å². The molecule has 0 aliphatic carbocycles. The number of benzene rings is 1. The first-order valence-corrected chi connectivity index (χ1v) is 7.68. The van der Waals surface area contributed by atoms with Gasteiger partial charge >= 0.3 is 11.8 Å². The van der Waals surface area contributed by atoms with E-state index in [1.165, 1.54) is 25.5 Å². The first-order chi connectivity index (χ1) is 11.5. The molecule has 0 aromatic heterocycles. The van der Waals surface area contributed by atoms with Crippen LogP contribution < -0.4 is 15.5 Å². The second-order valence-electron chi connectivity index (χ2n) is 5.10. The standard InChI is InChI=1S/C15H18ClN3O5/c1-23-12-6-9(5-11(16)13(12)20)7-18-19-15(22)14(21)17-8-10-3-2-4-24-10/h5-7,10,20H,2-4,8H2,1H3,(H,17,21)(H,19,22)/b18-7-/t10-/m1/s1. The second-order valence-corrected chi connectivity index (χ2v) is 5.50. The van der Waals surface area contributed by atoms with E-state index in [-0.39, 0.29) is 22.6 Å². The summed E-state index contributed by atoms with van der Waals surface area (Å²) in [5.41, 5.74) is 2.59. The molecular weight excluding hydrogens is 338 g/mol. The van der Waals surface area contributed by atoms with Gasteiger partial charge in [-0.05, 0) is 30.5 Å². The maximum absolute atomic E-state index is 11.6. The minimum absolute atomic E-state index is 0.0446. The van der Waals surface area contributed by atoms with E-state index in [4.69, 9.17) is 21.1 Å². The number of ether oxygens (including phenoxy) is 2. The van der Waals surface area contributed by atoms with Crippen LogP contribution in [0.3, 0.4) is 0 Å². The Morgan fingerprint density at radius 1 is 1.50 bits per heavy atom. The summed E-state index contributed by atoms with van der Waals surface area (Å²) < 4.78 is 10.3. The summed E-state index contributed by atoms with van der Waals surface area (Å²) in [5, 5.41) is 15.9. The number of aromatic hydroxyl groups is 1. The van der Waals surface area contributed by atoms with E-state index in [9.17, 15) is 14.7 Å². The molecule has 0 spiro atoms. The van der Waals surface area contributed by atoms with Crippen LogP contribution in [0.25, 0.3) is 0 Å². The van der Waals surface area contributed by atoms with Crippen molar-refractivity contribution >= 4 is 29.6 Å². The summed E-state index contributed by atoms with van der Waals surface area (Å²) >= 11 is 5.84. The number of hydrazone groups is 1. The number of rotatable bonds is 5. The van der Waals surface area contributed by atoms with Crippen molar-refractivity contribution in [3.05, 3.63) is 22.7 Å². The van der Waals surface area contributed by atoms with E-state index in [0.717, 1.165) is 12.8 Å². The molecule has 130 valence electrons. The van der Waals surface area contributed by atoms with E-state index in [0.29, 0.717) is 18.7 Å². The Morgan fingerprint density at radius 3 is 2.96 bits per heavy atom. The summed E-state index contributed by atoms with van der Waals surface area (Å²) in [6.07, 6.45) is 3.05. The molecule has 8 nitrogen and oxygen atoms in total. The zero-order valence-electron chi connectivity index (χ0n) is 13.0. The van der Waals surface area contributed by atoms with E-state index in [1.807, 2.05) is 0 Å². The maximum Gasteiger partial charge on any atom is 0.329 e. The van der Waals surface area contributed by atoms with Gasteiger partial charge in [0.1, 0.15) is 0 Å². The number of nitrogens with one attached hydrogen (secondary N) is 2. The third-order valence-corrected chi connectivity index (χ3v) is 3.66. The largest absolute Gasteiger partial charge is 0.503 e. The zero-order valence-corrected chi connectivity index (χ0v) is 13.8. The quantitative estimate of drug-likeness (QED) is 0.411. The molecule has 0 bridgehead atoms. The number of methoxy groups -OCH3 is 1. The maximum atomic E-state index is 11.6. The molecule has 9 heteroatoms. The lowest BCUT2D eigenvalue weighted by atomic mass is 10.2. The highest BCUT2D eigenvalue weighted by molar-refractivity contribution is 6.35. The number of amides is 2. The van der Waals surface area contributed by atoms with Crippen molar-refractivity contribution in [2.45, 2.75) is 18.9 Å². The van der Waals surface area contributed by atoms with Gasteiger partial charge < -0.3 is 19.9 Å². The molecule has 1 heterocycles. The summed E-state index contributed by atoms with van der Waals surface area (Å²) in [5.74, 6) is -1.69. The Morgan fingerprint density at radius 2 is 2.29 bits per heavy atom. The Kier molecular flexibility index (Phi) is 6.39. The highest BCUT2D eigenvalue weighted by Crippen LogP contribution is 2.34. The minimum atomic E-state index is -0.888. The molecular formula is C15H18ClN3O5. The number of hydrogen-bond acceptors (Lipinski definition) is 6. The predicted octanol–water partition coefficient (Wildman–Crippen LogP) is 0.800. The lowest BCUT2D eigenvalue weighted by molar-refractivity contribution is -0.139. The molecule has 1 atom stereocenters. The number of phenolic OH excluding ortho intramolecular Hbond substituents is 1. The van der Waals surface area contributed by atoms with Crippen LogP contribution in [-0.2, 0) is 14.3 Å². The van der Waals surface area contributed by atoms with Crippen molar-refractivity contribution < 1.29 is 24.2 Å². The predicted molar refractivity (Wildman–Crippen MR) is 87.4 cm³/mol. The van der Waals surface area contributed by atoms with E-state index in [1.54, 1.807) is 0 Å². The zero-order chi connectivity index (χ0) is 17.5. The van der Waals surface area contributed by atoms with Crippen LogP contribution in [0.5, 0.6) is 11.5 Å². The van der Waals surface area contributed by atoms with Crippen molar-refractivity contribution in [2.75, 3.05) is 20.3 Å². The highest BCUT2D eigenvalue weighted by Gasteiger charge is 2.19. The van der Waals surface area contributed by atoms with Crippen LogP contribution in [0, 0.1) is 0 Å². The van der Waals surface area contributed by atoms with Crippen LogP contribution in [0.2, 0.25) is 5.02 Å². The Balaban J connectivity index is 1.85. The normalized spacial score (nSPS) is 17.0. The summed E-state index contributed by atoms with van der Waals surface area (Å²) in [7, 11) is 1.38. The molecule has 0 saturated carbocycles. The third-order valence-electron chi connectivity index (χ3n) is 3.37. The molecule has 1 aromatic carbocycles. The summed E-state index contributed by atoms with van der Waals surface area (Å²) in [6.45, 7) is 0.969. The number of carbonyl (C=O) groups excluding carboxylic acids is 2. The van der Waals surface area contributed by atoms with Gasteiger partial charge in [0.25, 0.3) is 0 Å².